The first-order valence-corrected chi connectivity index (χ1v) is 7.16. The average molecular weight is 323 g/mol. The molecule has 0 aliphatic carbocycles. The number of piperazine rings is 1. The smallest absolute Gasteiger partial charge is 0.251 e. The highest BCUT2D eigenvalue weighted by Gasteiger charge is 2.17. The van der Waals surface area contributed by atoms with Gasteiger partial charge in [-0.05, 0) is 24.1 Å². The molecule has 0 radical (unpaired) electrons. The Hall–Kier alpha value is -1.92. The number of hydrogen-bond acceptors (Lipinski definition) is 4. The second-order valence-electron chi connectivity index (χ2n) is 5.25. The lowest BCUT2D eigenvalue weighted by atomic mass is 10.1. The molecular weight excluding hydrogens is 304 g/mol. The third-order valence-corrected chi connectivity index (χ3v) is 3.77. The van der Waals surface area contributed by atoms with E-state index in [0.717, 1.165) is 28.7 Å². The number of nitrogens with zero attached hydrogens (tertiary/aromatic N) is 2. The molecule has 7 heteroatoms. The molecule has 0 spiro atoms. The van der Waals surface area contributed by atoms with Gasteiger partial charge in [0.25, 0.3) is 5.56 Å². The van der Waals surface area contributed by atoms with Crippen molar-refractivity contribution in [3.63, 3.8) is 0 Å². The van der Waals surface area contributed by atoms with Crippen molar-refractivity contribution < 1.29 is 4.79 Å². The van der Waals surface area contributed by atoms with Crippen molar-refractivity contribution in [3.05, 3.63) is 39.8 Å². The van der Waals surface area contributed by atoms with Crippen LogP contribution in [-0.2, 0) is 17.8 Å². The summed E-state index contributed by atoms with van der Waals surface area (Å²) in [4.78, 5) is 32.7. The van der Waals surface area contributed by atoms with Gasteiger partial charge in [-0.15, -0.1) is 12.4 Å². The van der Waals surface area contributed by atoms with Crippen LogP contribution in [0.2, 0.25) is 0 Å². The number of hydrogen-bond donors (Lipinski definition) is 2. The number of halogens is 1. The molecule has 1 saturated heterocycles. The van der Waals surface area contributed by atoms with E-state index >= 15 is 0 Å². The summed E-state index contributed by atoms with van der Waals surface area (Å²) in [5, 5.41) is 3.05. The molecule has 1 aliphatic heterocycles. The van der Waals surface area contributed by atoms with Gasteiger partial charge in [-0.1, -0.05) is 6.92 Å². The van der Waals surface area contributed by atoms with Crippen LogP contribution in [0.3, 0.4) is 0 Å². The highest BCUT2D eigenvalue weighted by Crippen LogP contribution is 2.13. The van der Waals surface area contributed by atoms with E-state index in [4.69, 9.17) is 0 Å². The highest BCUT2D eigenvalue weighted by atomic mass is 35.5. The van der Waals surface area contributed by atoms with Gasteiger partial charge in [-0.3, -0.25) is 14.6 Å². The Kier molecular flexibility index (Phi) is 5.15. The van der Waals surface area contributed by atoms with E-state index in [1.807, 2.05) is 19.1 Å². The van der Waals surface area contributed by atoms with Crippen molar-refractivity contribution in [2.24, 2.45) is 0 Å². The van der Waals surface area contributed by atoms with Crippen LogP contribution >= 0.6 is 12.4 Å². The number of carbonyl (C=O) groups excluding carboxylic acids is 1. The van der Waals surface area contributed by atoms with Gasteiger partial charge in [0, 0.05) is 31.4 Å². The van der Waals surface area contributed by atoms with Crippen molar-refractivity contribution in [1.82, 2.24) is 20.2 Å². The van der Waals surface area contributed by atoms with Crippen LogP contribution in [0.25, 0.3) is 11.0 Å². The number of carbonyl (C=O) groups is 1. The van der Waals surface area contributed by atoms with Gasteiger partial charge in [0.1, 0.15) is 0 Å². The molecule has 1 amide bonds. The monoisotopic (exact) mass is 322 g/mol. The summed E-state index contributed by atoms with van der Waals surface area (Å²) in [6.07, 6.45) is 2.46. The van der Waals surface area contributed by atoms with Gasteiger partial charge in [0.2, 0.25) is 5.91 Å². The molecule has 3 heterocycles. The van der Waals surface area contributed by atoms with Crippen LogP contribution in [0.4, 0.5) is 0 Å². The summed E-state index contributed by atoms with van der Waals surface area (Å²) < 4.78 is 0. The maximum atomic E-state index is 11.9. The van der Waals surface area contributed by atoms with Crippen molar-refractivity contribution in [3.8, 4) is 0 Å². The minimum Gasteiger partial charge on any atom is -0.336 e. The minimum absolute atomic E-state index is 0. The maximum Gasteiger partial charge on any atom is 0.251 e. The van der Waals surface area contributed by atoms with Crippen molar-refractivity contribution in [2.45, 2.75) is 19.9 Å². The Bertz CT molecular complexity index is 744. The number of rotatable bonds is 3. The number of aromatic amines is 1. The third kappa shape index (κ3) is 3.28. The molecule has 6 nitrogen and oxygen atoms in total. The number of H-pyrrole nitrogens is 1. The van der Waals surface area contributed by atoms with Gasteiger partial charge >= 0.3 is 0 Å². The summed E-state index contributed by atoms with van der Waals surface area (Å²) in [7, 11) is 0. The minimum atomic E-state index is -0.0674. The maximum absolute atomic E-state index is 11.9. The van der Waals surface area contributed by atoms with E-state index in [9.17, 15) is 9.59 Å². The second kappa shape index (κ2) is 6.89. The van der Waals surface area contributed by atoms with Crippen LogP contribution in [0.5, 0.6) is 0 Å². The van der Waals surface area contributed by atoms with Crippen LogP contribution < -0.4 is 10.9 Å². The van der Waals surface area contributed by atoms with Gasteiger partial charge < -0.3 is 15.2 Å². The first-order valence-electron chi connectivity index (χ1n) is 7.16. The lowest BCUT2D eigenvalue weighted by Gasteiger charge is -2.27. The van der Waals surface area contributed by atoms with E-state index in [0.29, 0.717) is 26.1 Å². The molecule has 0 bridgehead atoms. The molecule has 0 atom stereocenters. The lowest BCUT2D eigenvalue weighted by molar-refractivity contribution is -0.132. The molecule has 2 aromatic rings. The fourth-order valence-corrected chi connectivity index (χ4v) is 2.55. The summed E-state index contributed by atoms with van der Waals surface area (Å²) in [5.41, 5.74) is 3.10. The molecule has 1 fully saturated rings. The van der Waals surface area contributed by atoms with Gasteiger partial charge in [0.05, 0.1) is 17.6 Å². The number of fused-ring (bicyclic) bond motifs is 1. The van der Waals surface area contributed by atoms with Crippen molar-refractivity contribution >= 4 is 29.3 Å². The summed E-state index contributed by atoms with van der Waals surface area (Å²) in [5.74, 6) is 0.0937. The predicted molar refractivity (Wildman–Crippen MR) is 87.3 cm³/mol. The average Bonchev–Trinajstić information content (AvgIpc) is 2.49. The topological polar surface area (TPSA) is 78.1 Å². The largest absolute Gasteiger partial charge is 0.336 e. The summed E-state index contributed by atoms with van der Waals surface area (Å²) >= 11 is 0. The van der Waals surface area contributed by atoms with Gasteiger partial charge in [-0.25, -0.2) is 0 Å². The Balaban J connectivity index is 0.00000176. The number of pyridine rings is 2. The number of amides is 1. The van der Waals surface area contributed by atoms with Crippen molar-refractivity contribution in [1.29, 1.82) is 0 Å². The quantitative estimate of drug-likeness (QED) is 0.878. The van der Waals surface area contributed by atoms with E-state index in [2.05, 4.69) is 15.3 Å². The van der Waals surface area contributed by atoms with Crippen LogP contribution in [0.1, 0.15) is 18.1 Å². The zero-order valence-corrected chi connectivity index (χ0v) is 13.2. The standard InChI is InChI=1S/C15H18N4O2.ClH/c1-2-11-6-12-13(18-15(11)21)5-10(7-17-12)9-19-4-3-16-8-14(19)20;/h5-7,16H,2-4,8-9H2,1H3,(H,18,21);1H. The normalized spacial score (nSPS) is 15.0. The van der Waals surface area contributed by atoms with E-state index in [-0.39, 0.29) is 23.9 Å². The Labute approximate surface area is 134 Å². The lowest BCUT2D eigenvalue weighted by Crippen LogP contribution is -2.47. The summed E-state index contributed by atoms with van der Waals surface area (Å²) in [6.45, 7) is 4.37. The molecule has 22 heavy (non-hydrogen) atoms. The highest BCUT2D eigenvalue weighted by molar-refractivity contribution is 5.85. The number of nitrogens with one attached hydrogen (secondary N) is 2. The molecular formula is C15H19ClN4O2. The zero-order valence-electron chi connectivity index (χ0n) is 12.4. The second-order valence-corrected chi connectivity index (χ2v) is 5.25. The van der Waals surface area contributed by atoms with E-state index < -0.39 is 0 Å². The molecule has 1 aliphatic rings. The van der Waals surface area contributed by atoms with Gasteiger partial charge in [-0.2, -0.15) is 0 Å². The molecule has 118 valence electrons. The van der Waals surface area contributed by atoms with E-state index in [1.165, 1.54) is 0 Å². The van der Waals surface area contributed by atoms with Crippen molar-refractivity contribution in [2.75, 3.05) is 19.6 Å². The van der Waals surface area contributed by atoms with Crippen LogP contribution in [0, 0.1) is 0 Å². The molecule has 0 unspecified atom stereocenters. The fraction of sp³-hybridized carbons (Fsp3) is 0.400. The van der Waals surface area contributed by atoms with Crippen LogP contribution in [-0.4, -0.2) is 40.4 Å². The zero-order chi connectivity index (χ0) is 14.8. The molecule has 0 saturated carbocycles. The molecule has 2 aromatic heterocycles. The first kappa shape index (κ1) is 16.5. The predicted octanol–water partition coefficient (Wildman–Crippen LogP) is 0.839. The van der Waals surface area contributed by atoms with Crippen LogP contribution in [0.15, 0.2) is 23.1 Å². The fourth-order valence-electron chi connectivity index (χ4n) is 2.55. The Morgan fingerprint density at radius 1 is 1.32 bits per heavy atom. The van der Waals surface area contributed by atoms with Gasteiger partial charge in [0.15, 0.2) is 0 Å². The Morgan fingerprint density at radius 3 is 2.86 bits per heavy atom. The molecule has 3 rings (SSSR count). The number of aryl methyl sites for hydroxylation is 1. The first-order chi connectivity index (χ1) is 10.2. The summed E-state index contributed by atoms with van der Waals surface area (Å²) in [6, 6.07) is 3.73. The third-order valence-electron chi connectivity index (χ3n) is 3.77. The molecule has 2 N–H and O–H groups in total. The SMILES string of the molecule is CCc1cc2ncc(CN3CCNCC3=O)cc2[nH]c1=O.Cl. The Morgan fingerprint density at radius 2 is 2.14 bits per heavy atom. The molecule has 0 aromatic carbocycles. The number of aromatic nitrogens is 2. The van der Waals surface area contributed by atoms with E-state index in [1.54, 1.807) is 11.1 Å².